The Morgan fingerprint density at radius 2 is 2.10 bits per heavy atom. The van der Waals surface area contributed by atoms with Crippen LogP contribution in [0.3, 0.4) is 0 Å². The van der Waals surface area contributed by atoms with Crippen molar-refractivity contribution >= 4 is 11.9 Å². The van der Waals surface area contributed by atoms with Gasteiger partial charge in [-0.3, -0.25) is 4.79 Å². The average molecular weight is 273 g/mol. The number of rotatable bonds is 6. The van der Waals surface area contributed by atoms with Crippen molar-refractivity contribution in [3.63, 3.8) is 0 Å². The van der Waals surface area contributed by atoms with E-state index in [1.165, 1.54) is 6.07 Å². The number of carboxylic acids is 1. The Bertz CT molecular complexity index is 593. The van der Waals surface area contributed by atoms with Crippen LogP contribution in [0.4, 0.5) is 0 Å². The summed E-state index contributed by atoms with van der Waals surface area (Å²) in [5.74, 6) is -1.22. The smallest absolute Gasteiger partial charge is 0.335 e. The molecule has 20 heavy (non-hydrogen) atoms. The maximum absolute atomic E-state index is 11.8. The molecule has 0 aliphatic heterocycles. The quantitative estimate of drug-likeness (QED) is 0.732. The molecule has 0 saturated carbocycles. The Labute approximate surface area is 115 Å². The van der Waals surface area contributed by atoms with Crippen LogP contribution >= 0.6 is 0 Å². The summed E-state index contributed by atoms with van der Waals surface area (Å²) in [5.41, 5.74) is 1.62. The van der Waals surface area contributed by atoms with E-state index in [0.717, 1.165) is 5.69 Å². The van der Waals surface area contributed by atoms with E-state index in [4.69, 9.17) is 5.11 Å². The molecule has 0 unspecified atom stereocenters. The highest BCUT2D eigenvalue weighted by atomic mass is 16.4. The molecule has 1 heterocycles. The highest BCUT2D eigenvalue weighted by Crippen LogP contribution is 2.09. The van der Waals surface area contributed by atoms with Crippen LogP contribution in [0.25, 0.3) is 0 Å². The molecule has 0 atom stereocenters. The lowest BCUT2D eigenvalue weighted by molar-refractivity contribution is -0.120. The van der Waals surface area contributed by atoms with Gasteiger partial charge in [-0.25, -0.2) is 9.78 Å². The fraction of sp³-hybridized carbons (Fsp3) is 0.214. The number of aromatic amines is 1. The summed E-state index contributed by atoms with van der Waals surface area (Å²) in [7, 11) is 0. The van der Waals surface area contributed by atoms with Crippen molar-refractivity contribution in [2.45, 2.75) is 12.8 Å². The second-order valence-corrected chi connectivity index (χ2v) is 4.32. The Balaban J connectivity index is 1.87. The van der Waals surface area contributed by atoms with Crippen molar-refractivity contribution in [3.8, 4) is 0 Å². The van der Waals surface area contributed by atoms with Crippen molar-refractivity contribution in [1.29, 1.82) is 0 Å². The number of aromatic carboxylic acids is 1. The van der Waals surface area contributed by atoms with Gasteiger partial charge in [0.15, 0.2) is 0 Å². The zero-order valence-corrected chi connectivity index (χ0v) is 10.8. The Morgan fingerprint density at radius 3 is 2.80 bits per heavy atom. The van der Waals surface area contributed by atoms with E-state index in [9.17, 15) is 9.59 Å². The number of nitrogens with one attached hydrogen (secondary N) is 2. The topological polar surface area (TPSA) is 95.1 Å². The number of aromatic nitrogens is 2. The molecule has 0 fully saturated rings. The maximum atomic E-state index is 11.8. The molecule has 2 rings (SSSR count). The van der Waals surface area contributed by atoms with Gasteiger partial charge in [-0.1, -0.05) is 18.2 Å². The van der Waals surface area contributed by atoms with Gasteiger partial charge < -0.3 is 15.4 Å². The summed E-state index contributed by atoms with van der Waals surface area (Å²) in [6.45, 7) is 0.482. The number of nitrogens with zero attached hydrogens (tertiary/aromatic N) is 1. The Hall–Kier alpha value is -2.63. The number of hydrogen-bond acceptors (Lipinski definition) is 3. The van der Waals surface area contributed by atoms with Crippen LogP contribution in [0.15, 0.2) is 36.8 Å². The van der Waals surface area contributed by atoms with E-state index >= 15 is 0 Å². The van der Waals surface area contributed by atoms with Crippen LogP contribution in [-0.4, -0.2) is 33.5 Å². The van der Waals surface area contributed by atoms with Crippen LogP contribution in [0.5, 0.6) is 0 Å². The number of H-pyrrole nitrogens is 1. The van der Waals surface area contributed by atoms with Crippen LogP contribution in [-0.2, 0) is 17.6 Å². The van der Waals surface area contributed by atoms with Crippen molar-refractivity contribution in [1.82, 2.24) is 15.3 Å². The predicted octanol–water partition coefficient (Wildman–Crippen LogP) is 1.01. The first kappa shape index (κ1) is 13.8. The van der Waals surface area contributed by atoms with Gasteiger partial charge in [-0.2, -0.15) is 0 Å². The van der Waals surface area contributed by atoms with Gasteiger partial charge in [0, 0.05) is 24.9 Å². The number of carbonyl (C=O) groups excluding carboxylic acids is 1. The summed E-state index contributed by atoms with van der Waals surface area (Å²) < 4.78 is 0. The zero-order valence-electron chi connectivity index (χ0n) is 10.8. The second-order valence-electron chi connectivity index (χ2n) is 4.32. The van der Waals surface area contributed by atoms with Gasteiger partial charge in [0.1, 0.15) is 0 Å². The highest BCUT2D eigenvalue weighted by molar-refractivity contribution is 5.91. The summed E-state index contributed by atoms with van der Waals surface area (Å²) in [4.78, 5) is 29.6. The molecular weight excluding hydrogens is 258 g/mol. The molecule has 0 aliphatic rings. The van der Waals surface area contributed by atoms with Gasteiger partial charge in [-0.05, 0) is 11.6 Å². The number of imidazole rings is 1. The summed E-state index contributed by atoms with van der Waals surface area (Å²) in [5, 5.41) is 11.8. The van der Waals surface area contributed by atoms with E-state index < -0.39 is 5.97 Å². The predicted molar refractivity (Wildman–Crippen MR) is 72.4 cm³/mol. The monoisotopic (exact) mass is 273 g/mol. The largest absolute Gasteiger partial charge is 0.478 e. The van der Waals surface area contributed by atoms with Crippen molar-refractivity contribution in [2.24, 2.45) is 0 Å². The normalized spacial score (nSPS) is 10.2. The molecule has 6 nitrogen and oxygen atoms in total. The fourth-order valence-corrected chi connectivity index (χ4v) is 1.88. The van der Waals surface area contributed by atoms with Crippen molar-refractivity contribution in [3.05, 3.63) is 53.6 Å². The number of benzene rings is 1. The van der Waals surface area contributed by atoms with Gasteiger partial charge in [0.2, 0.25) is 5.91 Å². The van der Waals surface area contributed by atoms with E-state index in [2.05, 4.69) is 15.3 Å². The molecule has 104 valence electrons. The van der Waals surface area contributed by atoms with Gasteiger partial charge in [0.25, 0.3) is 0 Å². The molecule has 0 saturated heterocycles. The molecule has 6 heteroatoms. The lowest BCUT2D eigenvalue weighted by Gasteiger charge is -2.07. The molecule has 0 bridgehead atoms. The van der Waals surface area contributed by atoms with E-state index in [0.29, 0.717) is 18.5 Å². The molecular formula is C14H15N3O3. The summed E-state index contributed by atoms with van der Waals surface area (Å²) in [6, 6.07) is 6.51. The first-order chi connectivity index (χ1) is 9.66. The third-order valence-corrected chi connectivity index (χ3v) is 2.87. The number of amides is 1. The van der Waals surface area contributed by atoms with Crippen LogP contribution < -0.4 is 5.32 Å². The van der Waals surface area contributed by atoms with E-state index in [-0.39, 0.29) is 17.9 Å². The van der Waals surface area contributed by atoms with Gasteiger partial charge >= 0.3 is 5.97 Å². The molecule has 1 aromatic heterocycles. The number of hydrogen-bond donors (Lipinski definition) is 3. The van der Waals surface area contributed by atoms with Crippen molar-refractivity contribution < 1.29 is 14.7 Å². The zero-order chi connectivity index (χ0) is 14.4. The first-order valence-corrected chi connectivity index (χ1v) is 6.22. The minimum Gasteiger partial charge on any atom is -0.478 e. The minimum absolute atomic E-state index is 0.0610. The minimum atomic E-state index is -1.02. The molecule has 2 aromatic rings. The molecule has 0 aliphatic carbocycles. The fourth-order valence-electron chi connectivity index (χ4n) is 1.88. The summed E-state index contributed by atoms with van der Waals surface area (Å²) in [6.07, 6.45) is 4.00. The Kier molecular flexibility index (Phi) is 4.49. The van der Waals surface area contributed by atoms with Crippen LogP contribution in [0.1, 0.15) is 21.6 Å². The van der Waals surface area contributed by atoms with Crippen LogP contribution in [0.2, 0.25) is 0 Å². The van der Waals surface area contributed by atoms with Gasteiger partial charge in [-0.15, -0.1) is 0 Å². The van der Waals surface area contributed by atoms with E-state index in [1.54, 1.807) is 30.7 Å². The first-order valence-electron chi connectivity index (χ1n) is 6.22. The summed E-state index contributed by atoms with van der Waals surface area (Å²) >= 11 is 0. The molecule has 0 radical (unpaired) electrons. The third kappa shape index (κ3) is 3.68. The highest BCUT2D eigenvalue weighted by Gasteiger charge is 2.12. The molecule has 3 N–H and O–H groups in total. The maximum Gasteiger partial charge on any atom is 0.335 e. The third-order valence-electron chi connectivity index (χ3n) is 2.87. The lowest BCUT2D eigenvalue weighted by Crippen LogP contribution is -2.27. The van der Waals surface area contributed by atoms with Gasteiger partial charge in [0.05, 0.1) is 18.3 Å². The second kappa shape index (κ2) is 6.51. The average Bonchev–Trinajstić information content (AvgIpc) is 2.92. The number of carbonyl (C=O) groups is 2. The van der Waals surface area contributed by atoms with E-state index in [1.807, 2.05) is 0 Å². The molecule has 0 spiro atoms. The van der Waals surface area contributed by atoms with Crippen molar-refractivity contribution in [2.75, 3.05) is 6.54 Å². The molecule has 1 amide bonds. The van der Waals surface area contributed by atoms with Crippen LogP contribution in [0, 0.1) is 0 Å². The Morgan fingerprint density at radius 1 is 1.30 bits per heavy atom. The lowest BCUT2D eigenvalue weighted by atomic mass is 10.0. The SMILES string of the molecule is O=C(Cc1ccccc1C(=O)O)NCCc1cnc[nH]1. The standard InChI is InChI=1S/C14H15N3O3/c18-13(16-6-5-11-8-15-9-17-11)7-10-3-1-2-4-12(10)14(19)20/h1-4,8-9H,5-7H2,(H,15,17)(H,16,18)(H,19,20). The number of carboxylic acid groups (broad SMARTS) is 1. The molecule has 1 aromatic carbocycles.